The van der Waals surface area contributed by atoms with Gasteiger partial charge in [-0.3, -0.25) is 14.4 Å². The minimum Gasteiger partial charge on any atom is -0.352 e. The lowest BCUT2D eigenvalue weighted by atomic mass is 9.98. The summed E-state index contributed by atoms with van der Waals surface area (Å²) in [7, 11) is 0. The van der Waals surface area contributed by atoms with E-state index in [2.05, 4.69) is 10.6 Å². The van der Waals surface area contributed by atoms with Crippen LogP contribution in [0.5, 0.6) is 0 Å². The number of carbonyl (C=O) groups is 3. The molecule has 1 unspecified atom stereocenters. The van der Waals surface area contributed by atoms with E-state index in [-0.39, 0.29) is 17.7 Å². The van der Waals surface area contributed by atoms with E-state index in [1.165, 1.54) is 0 Å². The van der Waals surface area contributed by atoms with E-state index < -0.39 is 11.6 Å². The van der Waals surface area contributed by atoms with Crippen molar-refractivity contribution in [2.75, 3.05) is 11.4 Å². The number of fused-ring (bicyclic) bond motifs is 1. The van der Waals surface area contributed by atoms with Gasteiger partial charge in [0.25, 0.3) is 5.91 Å². The molecule has 7 nitrogen and oxygen atoms in total. The van der Waals surface area contributed by atoms with Crippen molar-refractivity contribution < 1.29 is 14.4 Å². The van der Waals surface area contributed by atoms with E-state index in [0.717, 1.165) is 27.3 Å². The molecule has 36 heavy (non-hydrogen) atoms. The van der Waals surface area contributed by atoms with Crippen LogP contribution in [0.25, 0.3) is 11.1 Å². The Kier molecular flexibility index (Phi) is 7.56. The van der Waals surface area contributed by atoms with E-state index in [1.54, 1.807) is 30.1 Å². The van der Waals surface area contributed by atoms with Gasteiger partial charge in [-0.15, -0.1) is 11.3 Å². The molecular formula is C28H32N4O3S. The summed E-state index contributed by atoms with van der Waals surface area (Å²) in [5.74, 6) is -0.595. The molecule has 188 valence electrons. The fourth-order valence-electron chi connectivity index (χ4n) is 4.27. The minimum atomic E-state index is -1.07. The van der Waals surface area contributed by atoms with Crippen molar-refractivity contribution in [2.45, 2.75) is 51.7 Å². The third kappa shape index (κ3) is 5.50. The standard InChI is InChI=1S/C28H32N4O3S/c1-4-30-25(33)21-8-6-5-7-20(21)19-11-9-18(10-12-19)17-32-23-15-16-36-24(23)14-13-22(26(32)34)31-27(35)28(2,3)29/h5-12,15-16,22H,4,13-14,17,29H2,1-3H3,(H,30,33)(H,31,35). The Morgan fingerprint density at radius 3 is 2.53 bits per heavy atom. The third-order valence-electron chi connectivity index (χ3n) is 6.24. The molecule has 2 aromatic carbocycles. The summed E-state index contributed by atoms with van der Waals surface area (Å²) < 4.78 is 0. The molecular weight excluding hydrogens is 472 g/mol. The van der Waals surface area contributed by atoms with Gasteiger partial charge in [0.05, 0.1) is 17.8 Å². The summed E-state index contributed by atoms with van der Waals surface area (Å²) in [6.45, 7) is 6.09. The summed E-state index contributed by atoms with van der Waals surface area (Å²) in [4.78, 5) is 41.5. The first-order valence-corrected chi connectivity index (χ1v) is 13.0. The number of hydrogen-bond acceptors (Lipinski definition) is 5. The molecule has 0 bridgehead atoms. The van der Waals surface area contributed by atoms with Crippen LogP contribution in [-0.4, -0.2) is 35.8 Å². The third-order valence-corrected chi connectivity index (χ3v) is 7.21. The number of rotatable bonds is 7. The lowest BCUT2D eigenvalue weighted by Gasteiger charge is -2.27. The summed E-state index contributed by atoms with van der Waals surface area (Å²) in [6, 6.07) is 16.7. The van der Waals surface area contributed by atoms with Crippen LogP contribution in [0.3, 0.4) is 0 Å². The number of carbonyl (C=O) groups excluding carboxylic acids is 3. The normalized spacial score (nSPS) is 15.7. The highest BCUT2D eigenvalue weighted by atomic mass is 32.1. The average Bonchev–Trinajstić information content (AvgIpc) is 3.28. The van der Waals surface area contributed by atoms with Gasteiger partial charge in [-0.05, 0) is 67.8 Å². The molecule has 0 radical (unpaired) electrons. The number of thiophene rings is 1. The summed E-state index contributed by atoms with van der Waals surface area (Å²) in [6.07, 6.45) is 1.24. The Morgan fingerprint density at radius 1 is 1.11 bits per heavy atom. The molecule has 1 aromatic heterocycles. The van der Waals surface area contributed by atoms with E-state index in [9.17, 15) is 14.4 Å². The fraction of sp³-hybridized carbons (Fsp3) is 0.321. The maximum atomic E-state index is 13.6. The number of nitrogens with zero attached hydrogens (tertiary/aromatic N) is 1. The van der Waals surface area contributed by atoms with Gasteiger partial charge in [-0.2, -0.15) is 0 Å². The number of nitrogens with two attached hydrogens (primary N) is 1. The van der Waals surface area contributed by atoms with Gasteiger partial charge in [0.1, 0.15) is 6.04 Å². The number of benzene rings is 2. The van der Waals surface area contributed by atoms with E-state index in [1.807, 2.05) is 66.9 Å². The minimum absolute atomic E-state index is 0.105. The fourth-order valence-corrected chi connectivity index (χ4v) is 5.17. The Labute approximate surface area is 215 Å². The predicted octanol–water partition coefficient (Wildman–Crippen LogP) is 3.87. The molecule has 1 aliphatic heterocycles. The van der Waals surface area contributed by atoms with Crippen molar-refractivity contribution in [1.82, 2.24) is 10.6 Å². The lowest BCUT2D eigenvalue weighted by molar-refractivity contribution is -0.130. The van der Waals surface area contributed by atoms with Crippen LogP contribution in [0.2, 0.25) is 0 Å². The maximum absolute atomic E-state index is 13.6. The van der Waals surface area contributed by atoms with Crippen LogP contribution < -0.4 is 21.3 Å². The first kappa shape index (κ1) is 25.6. The van der Waals surface area contributed by atoms with Crippen LogP contribution in [-0.2, 0) is 22.6 Å². The zero-order chi connectivity index (χ0) is 25.9. The van der Waals surface area contributed by atoms with Crippen molar-refractivity contribution in [3.05, 3.63) is 76.0 Å². The van der Waals surface area contributed by atoms with E-state index >= 15 is 0 Å². The average molecular weight is 505 g/mol. The second-order valence-electron chi connectivity index (χ2n) is 9.54. The van der Waals surface area contributed by atoms with Gasteiger partial charge >= 0.3 is 0 Å². The Bertz CT molecular complexity index is 1260. The first-order valence-electron chi connectivity index (χ1n) is 12.1. The Hall–Kier alpha value is -3.49. The van der Waals surface area contributed by atoms with Crippen molar-refractivity contribution >= 4 is 34.7 Å². The molecule has 0 spiro atoms. The van der Waals surface area contributed by atoms with Crippen LogP contribution >= 0.6 is 11.3 Å². The number of aryl methyl sites for hydroxylation is 1. The second kappa shape index (κ2) is 10.6. The molecule has 0 saturated heterocycles. The molecule has 8 heteroatoms. The predicted molar refractivity (Wildman–Crippen MR) is 144 cm³/mol. The Morgan fingerprint density at radius 2 is 1.83 bits per heavy atom. The molecule has 3 amide bonds. The topological polar surface area (TPSA) is 105 Å². The largest absolute Gasteiger partial charge is 0.352 e. The summed E-state index contributed by atoms with van der Waals surface area (Å²) in [5.41, 5.74) is 9.13. The van der Waals surface area contributed by atoms with E-state index in [4.69, 9.17) is 5.73 Å². The molecule has 3 aromatic rings. The molecule has 1 aliphatic rings. The number of anilines is 1. The van der Waals surface area contributed by atoms with Gasteiger partial charge in [0.2, 0.25) is 11.8 Å². The van der Waals surface area contributed by atoms with Crippen molar-refractivity contribution in [2.24, 2.45) is 5.73 Å². The van der Waals surface area contributed by atoms with Crippen molar-refractivity contribution in [3.8, 4) is 11.1 Å². The molecule has 1 atom stereocenters. The maximum Gasteiger partial charge on any atom is 0.251 e. The quantitative estimate of drug-likeness (QED) is 0.454. The van der Waals surface area contributed by atoms with E-state index in [0.29, 0.717) is 31.5 Å². The van der Waals surface area contributed by atoms with Crippen molar-refractivity contribution in [1.29, 1.82) is 0 Å². The lowest BCUT2D eigenvalue weighted by Crippen LogP contribution is -2.56. The van der Waals surface area contributed by atoms with Crippen LogP contribution in [0.4, 0.5) is 5.69 Å². The van der Waals surface area contributed by atoms with Gasteiger partial charge in [0.15, 0.2) is 0 Å². The highest BCUT2D eigenvalue weighted by Gasteiger charge is 2.34. The molecule has 4 N–H and O–H groups in total. The molecule has 0 saturated carbocycles. The number of amides is 3. The van der Waals surface area contributed by atoms with Gasteiger partial charge in [0, 0.05) is 17.0 Å². The zero-order valence-corrected chi connectivity index (χ0v) is 21.7. The Balaban J connectivity index is 1.58. The van der Waals surface area contributed by atoms with Crippen molar-refractivity contribution in [3.63, 3.8) is 0 Å². The SMILES string of the molecule is CCNC(=O)c1ccccc1-c1ccc(CN2C(=O)C(NC(=O)C(C)(C)N)CCc3sccc32)cc1. The van der Waals surface area contributed by atoms with Gasteiger partial charge < -0.3 is 21.3 Å². The number of nitrogens with one attached hydrogen (secondary N) is 2. The smallest absolute Gasteiger partial charge is 0.251 e. The first-order chi connectivity index (χ1) is 17.2. The number of hydrogen-bond donors (Lipinski definition) is 3. The summed E-state index contributed by atoms with van der Waals surface area (Å²) in [5, 5.41) is 7.71. The van der Waals surface area contributed by atoms with Gasteiger partial charge in [-0.25, -0.2) is 0 Å². The van der Waals surface area contributed by atoms with Gasteiger partial charge in [-0.1, -0.05) is 42.5 Å². The highest BCUT2D eigenvalue weighted by molar-refractivity contribution is 7.10. The summed E-state index contributed by atoms with van der Waals surface area (Å²) >= 11 is 1.62. The van der Waals surface area contributed by atoms with Crippen LogP contribution in [0, 0.1) is 0 Å². The molecule has 0 aliphatic carbocycles. The molecule has 0 fully saturated rings. The molecule has 4 rings (SSSR count). The van der Waals surface area contributed by atoms with Crippen LogP contribution in [0.15, 0.2) is 60.0 Å². The second-order valence-corrected chi connectivity index (χ2v) is 10.5. The zero-order valence-electron chi connectivity index (χ0n) is 20.8. The van der Waals surface area contributed by atoms with Crippen LogP contribution in [0.1, 0.15) is 48.0 Å². The highest BCUT2D eigenvalue weighted by Crippen LogP contribution is 2.33. The monoisotopic (exact) mass is 504 g/mol. The molecule has 2 heterocycles.